The standard InChI is InChI=1S/C20H16Cl2N2O4/c1-13(20(26)24-18-8-5-15(21)12-17(18)22)28-19(25)9-4-14-2-6-16(7-3-14)27-11-10-23/h2-9,12-13H,11H2,1H3,(H,24,26)/b9-4+. The number of anilines is 1. The predicted octanol–water partition coefficient (Wildman–Crippen LogP) is 4.48. The molecule has 0 aliphatic rings. The first kappa shape index (κ1) is 21.3. The van der Waals surface area contributed by atoms with Crippen molar-refractivity contribution < 1.29 is 19.1 Å². The van der Waals surface area contributed by atoms with Crippen LogP contribution in [0.5, 0.6) is 5.75 Å². The lowest BCUT2D eigenvalue weighted by molar-refractivity contribution is -0.148. The summed E-state index contributed by atoms with van der Waals surface area (Å²) in [5.41, 5.74) is 1.10. The van der Waals surface area contributed by atoms with Crippen molar-refractivity contribution in [2.45, 2.75) is 13.0 Å². The van der Waals surface area contributed by atoms with Gasteiger partial charge in [-0.15, -0.1) is 0 Å². The van der Waals surface area contributed by atoms with E-state index in [1.165, 1.54) is 25.1 Å². The zero-order valence-electron chi connectivity index (χ0n) is 14.8. The average molecular weight is 419 g/mol. The summed E-state index contributed by atoms with van der Waals surface area (Å²) < 4.78 is 10.2. The first-order valence-corrected chi connectivity index (χ1v) is 8.89. The molecule has 28 heavy (non-hydrogen) atoms. The van der Waals surface area contributed by atoms with E-state index in [4.69, 9.17) is 37.9 Å². The number of nitrogens with one attached hydrogen (secondary N) is 1. The molecule has 6 nitrogen and oxygen atoms in total. The fraction of sp³-hybridized carbons (Fsp3) is 0.150. The van der Waals surface area contributed by atoms with Crippen LogP contribution in [-0.4, -0.2) is 24.6 Å². The molecule has 8 heteroatoms. The number of nitrogens with zero attached hydrogens (tertiary/aromatic N) is 1. The van der Waals surface area contributed by atoms with Gasteiger partial charge in [0, 0.05) is 11.1 Å². The molecule has 0 saturated carbocycles. The fourth-order valence-corrected chi connectivity index (χ4v) is 2.50. The maximum atomic E-state index is 12.1. The molecule has 1 N–H and O–H groups in total. The second-order valence-electron chi connectivity index (χ2n) is 5.54. The minimum atomic E-state index is -1.02. The SMILES string of the molecule is CC(OC(=O)/C=C/c1ccc(OCC#N)cc1)C(=O)Nc1ccc(Cl)cc1Cl. The number of carbonyl (C=O) groups is 2. The topological polar surface area (TPSA) is 88.4 Å². The highest BCUT2D eigenvalue weighted by molar-refractivity contribution is 6.36. The Kier molecular flexibility index (Phi) is 7.88. The minimum absolute atomic E-state index is 0.0390. The second kappa shape index (κ2) is 10.4. The second-order valence-corrected chi connectivity index (χ2v) is 6.39. The zero-order valence-corrected chi connectivity index (χ0v) is 16.3. The first-order chi connectivity index (χ1) is 13.4. The number of rotatable bonds is 7. The number of amides is 1. The smallest absolute Gasteiger partial charge is 0.331 e. The molecular formula is C20H16Cl2N2O4. The van der Waals surface area contributed by atoms with Crippen molar-refractivity contribution in [2.24, 2.45) is 0 Å². The van der Waals surface area contributed by atoms with Gasteiger partial charge in [-0.25, -0.2) is 4.79 Å². The highest BCUT2D eigenvalue weighted by Gasteiger charge is 2.17. The van der Waals surface area contributed by atoms with E-state index in [2.05, 4.69) is 5.32 Å². The molecule has 2 aromatic carbocycles. The van der Waals surface area contributed by atoms with Gasteiger partial charge in [-0.2, -0.15) is 5.26 Å². The van der Waals surface area contributed by atoms with Crippen molar-refractivity contribution in [3.63, 3.8) is 0 Å². The highest BCUT2D eigenvalue weighted by atomic mass is 35.5. The Labute approximate surface area is 172 Å². The number of nitriles is 1. The van der Waals surface area contributed by atoms with Crippen molar-refractivity contribution in [1.29, 1.82) is 5.26 Å². The summed E-state index contributed by atoms with van der Waals surface area (Å²) in [5.74, 6) is -0.646. The molecule has 144 valence electrons. The molecule has 2 rings (SSSR count). The monoisotopic (exact) mass is 418 g/mol. The van der Waals surface area contributed by atoms with E-state index in [1.54, 1.807) is 36.4 Å². The largest absolute Gasteiger partial charge is 0.479 e. The van der Waals surface area contributed by atoms with Gasteiger partial charge in [0.15, 0.2) is 12.7 Å². The molecule has 0 fully saturated rings. The summed E-state index contributed by atoms with van der Waals surface area (Å²) in [6, 6.07) is 13.3. The molecule has 1 unspecified atom stereocenters. The Hall–Kier alpha value is -3.01. The van der Waals surface area contributed by atoms with Crippen molar-refractivity contribution in [3.8, 4) is 11.8 Å². The molecular weight excluding hydrogens is 403 g/mol. The van der Waals surface area contributed by atoms with Crippen LogP contribution in [0.1, 0.15) is 12.5 Å². The lowest BCUT2D eigenvalue weighted by Gasteiger charge is -2.13. The van der Waals surface area contributed by atoms with Crippen LogP contribution in [0.15, 0.2) is 48.5 Å². The van der Waals surface area contributed by atoms with E-state index in [1.807, 2.05) is 6.07 Å². The van der Waals surface area contributed by atoms with Gasteiger partial charge < -0.3 is 14.8 Å². The van der Waals surface area contributed by atoms with Crippen LogP contribution in [0.3, 0.4) is 0 Å². The summed E-state index contributed by atoms with van der Waals surface area (Å²) in [7, 11) is 0. The third-order valence-corrected chi connectivity index (χ3v) is 3.99. The normalized spacial score (nSPS) is 11.5. The Morgan fingerprint density at radius 1 is 1.21 bits per heavy atom. The maximum Gasteiger partial charge on any atom is 0.331 e. The predicted molar refractivity (Wildman–Crippen MR) is 107 cm³/mol. The lowest BCUT2D eigenvalue weighted by Crippen LogP contribution is -2.29. The van der Waals surface area contributed by atoms with E-state index in [0.717, 1.165) is 5.56 Å². The van der Waals surface area contributed by atoms with Gasteiger partial charge in [0.2, 0.25) is 0 Å². The van der Waals surface area contributed by atoms with Crippen molar-refractivity contribution in [1.82, 2.24) is 0 Å². The molecule has 0 heterocycles. The van der Waals surface area contributed by atoms with Gasteiger partial charge in [0.1, 0.15) is 11.8 Å². The highest BCUT2D eigenvalue weighted by Crippen LogP contribution is 2.25. The molecule has 0 bridgehead atoms. The molecule has 0 spiro atoms. The number of carbonyl (C=O) groups excluding carboxylic acids is 2. The number of esters is 1. The van der Waals surface area contributed by atoms with Gasteiger partial charge in [0.25, 0.3) is 5.91 Å². The molecule has 0 radical (unpaired) electrons. The third kappa shape index (κ3) is 6.62. The average Bonchev–Trinajstić information content (AvgIpc) is 2.67. The lowest BCUT2D eigenvalue weighted by atomic mass is 10.2. The summed E-state index contributed by atoms with van der Waals surface area (Å²) in [6.45, 7) is 1.41. The quantitative estimate of drug-likeness (QED) is 0.528. The Morgan fingerprint density at radius 3 is 2.57 bits per heavy atom. The number of ether oxygens (including phenoxy) is 2. The minimum Gasteiger partial charge on any atom is -0.479 e. The van der Waals surface area contributed by atoms with Crippen LogP contribution in [-0.2, 0) is 14.3 Å². The van der Waals surface area contributed by atoms with E-state index in [9.17, 15) is 9.59 Å². The van der Waals surface area contributed by atoms with Gasteiger partial charge in [-0.3, -0.25) is 4.79 Å². The van der Waals surface area contributed by atoms with Crippen LogP contribution < -0.4 is 10.1 Å². The Balaban J connectivity index is 1.88. The maximum absolute atomic E-state index is 12.1. The number of benzene rings is 2. The molecule has 1 amide bonds. The van der Waals surface area contributed by atoms with Gasteiger partial charge in [0.05, 0.1) is 10.7 Å². The van der Waals surface area contributed by atoms with Crippen LogP contribution in [0, 0.1) is 11.3 Å². The number of hydrogen-bond acceptors (Lipinski definition) is 5. The van der Waals surface area contributed by atoms with E-state index in [-0.39, 0.29) is 11.6 Å². The third-order valence-electron chi connectivity index (χ3n) is 3.45. The van der Waals surface area contributed by atoms with Crippen LogP contribution in [0.25, 0.3) is 6.08 Å². The number of halogens is 2. The van der Waals surface area contributed by atoms with Crippen molar-refractivity contribution >= 4 is 46.8 Å². The number of hydrogen-bond donors (Lipinski definition) is 1. The fourth-order valence-electron chi connectivity index (χ4n) is 2.05. The molecule has 2 aromatic rings. The molecule has 0 aliphatic carbocycles. The van der Waals surface area contributed by atoms with E-state index < -0.39 is 18.0 Å². The van der Waals surface area contributed by atoms with Crippen LogP contribution in [0.4, 0.5) is 5.69 Å². The summed E-state index contributed by atoms with van der Waals surface area (Å²) in [5, 5.41) is 11.8. The van der Waals surface area contributed by atoms with E-state index in [0.29, 0.717) is 16.5 Å². The van der Waals surface area contributed by atoms with Gasteiger partial charge >= 0.3 is 5.97 Å². The summed E-state index contributed by atoms with van der Waals surface area (Å²) in [4.78, 5) is 24.1. The molecule has 0 aromatic heterocycles. The van der Waals surface area contributed by atoms with Crippen LogP contribution in [0.2, 0.25) is 10.0 Å². The Bertz CT molecular complexity index is 921. The molecule has 0 saturated heterocycles. The Morgan fingerprint density at radius 2 is 1.93 bits per heavy atom. The summed E-state index contributed by atoms with van der Waals surface area (Å²) in [6.07, 6.45) is 1.73. The van der Waals surface area contributed by atoms with Gasteiger partial charge in [-0.05, 0) is 48.9 Å². The summed E-state index contributed by atoms with van der Waals surface area (Å²) >= 11 is 11.8. The van der Waals surface area contributed by atoms with Crippen LogP contribution >= 0.6 is 23.2 Å². The van der Waals surface area contributed by atoms with Crippen molar-refractivity contribution in [3.05, 3.63) is 64.1 Å². The van der Waals surface area contributed by atoms with E-state index >= 15 is 0 Å². The van der Waals surface area contributed by atoms with Gasteiger partial charge in [-0.1, -0.05) is 35.3 Å². The molecule has 1 atom stereocenters. The zero-order chi connectivity index (χ0) is 20.5. The first-order valence-electron chi connectivity index (χ1n) is 8.13. The van der Waals surface area contributed by atoms with Crippen molar-refractivity contribution in [2.75, 3.05) is 11.9 Å². The molecule has 0 aliphatic heterocycles.